The summed E-state index contributed by atoms with van der Waals surface area (Å²) in [6.45, 7) is 0. The maximum Gasteiger partial charge on any atom is 0.117 e. The summed E-state index contributed by atoms with van der Waals surface area (Å²) in [5, 5.41) is 17.3. The normalized spacial score (nSPS) is 30.4. The van der Waals surface area contributed by atoms with Crippen molar-refractivity contribution in [3.63, 3.8) is 0 Å². The Labute approximate surface area is 42.1 Å². The number of rotatable bonds is 0. The molecule has 0 aromatic carbocycles. The van der Waals surface area contributed by atoms with Crippen molar-refractivity contribution in [2.75, 3.05) is 0 Å². The second-order valence-corrected chi connectivity index (χ2v) is 1.72. The number of allylic oxidation sites excluding steroid dienone is 1. The van der Waals surface area contributed by atoms with Crippen LogP contribution in [0.5, 0.6) is 0 Å². The highest BCUT2D eigenvalue weighted by Gasteiger charge is 2.13. The van der Waals surface area contributed by atoms with Crippen molar-refractivity contribution in [1.82, 2.24) is 0 Å². The minimum Gasteiger partial charge on any atom is -0.510 e. The summed E-state index contributed by atoms with van der Waals surface area (Å²) >= 11 is 0. The van der Waals surface area contributed by atoms with E-state index in [0.29, 0.717) is 6.42 Å². The number of hydrogen-bond acceptors (Lipinski definition) is 2. The molecule has 0 aromatic rings. The van der Waals surface area contributed by atoms with E-state index in [4.69, 9.17) is 10.2 Å². The lowest BCUT2D eigenvalue weighted by molar-refractivity contribution is 0.158. The van der Waals surface area contributed by atoms with Gasteiger partial charge in [-0.2, -0.15) is 0 Å². The maximum atomic E-state index is 8.68. The molecule has 1 rings (SSSR count). The lowest BCUT2D eigenvalue weighted by Gasteiger charge is -1.96. The SMILES string of the molecule is OC1=CCCC1O. The Kier molecular flexibility index (Phi) is 1.02. The van der Waals surface area contributed by atoms with Crippen LogP contribution < -0.4 is 0 Å². The van der Waals surface area contributed by atoms with Gasteiger partial charge in [-0.1, -0.05) is 0 Å². The van der Waals surface area contributed by atoms with Crippen LogP contribution in [0, 0.1) is 0 Å². The summed E-state index contributed by atoms with van der Waals surface area (Å²) in [7, 11) is 0. The van der Waals surface area contributed by atoms with E-state index in [1.54, 1.807) is 6.08 Å². The van der Waals surface area contributed by atoms with Crippen molar-refractivity contribution in [1.29, 1.82) is 0 Å². The van der Waals surface area contributed by atoms with Crippen LogP contribution in [0.1, 0.15) is 12.8 Å². The molecule has 7 heavy (non-hydrogen) atoms. The summed E-state index contributed by atoms with van der Waals surface area (Å²) in [4.78, 5) is 0. The van der Waals surface area contributed by atoms with Gasteiger partial charge in [0, 0.05) is 0 Å². The van der Waals surface area contributed by atoms with Crippen LogP contribution in [0.4, 0.5) is 0 Å². The van der Waals surface area contributed by atoms with Gasteiger partial charge in [0.25, 0.3) is 0 Å². The largest absolute Gasteiger partial charge is 0.510 e. The van der Waals surface area contributed by atoms with Crippen molar-refractivity contribution in [2.45, 2.75) is 18.9 Å². The molecule has 0 aliphatic heterocycles. The molecule has 0 aromatic heterocycles. The van der Waals surface area contributed by atoms with Crippen LogP contribution in [-0.4, -0.2) is 16.3 Å². The van der Waals surface area contributed by atoms with Crippen LogP contribution in [-0.2, 0) is 0 Å². The highest BCUT2D eigenvalue weighted by Crippen LogP contribution is 2.14. The highest BCUT2D eigenvalue weighted by molar-refractivity contribution is 5.04. The topological polar surface area (TPSA) is 40.5 Å². The minimum absolute atomic E-state index is 0.139. The fraction of sp³-hybridized carbons (Fsp3) is 0.600. The van der Waals surface area contributed by atoms with Crippen LogP contribution in [0.2, 0.25) is 0 Å². The highest BCUT2D eigenvalue weighted by atomic mass is 16.3. The van der Waals surface area contributed by atoms with Gasteiger partial charge >= 0.3 is 0 Å². The first-order valence-electron chi connectivity index (χ1n) is 2.38. The van der Waals surface area contributed by atoms with Crippen LogP contribution in [0.15, 0.2) is 11.8 Å². The lowest BCUT2D eigenvalue weighted by atomic mass is 10.3. The number of aliphatic hydroxyl groups is 2. The van der Waals surface area contributed by atoms with E-state index in [1.165, 1.54) is 0 Å². The quantitative estimate of drug-likeness (QED) is 0.467. The Morgan fingerprint density at radius 1 is 1.71 bits per heavy atom. The predicted octanol–water partition coefficient (Wildman–Crippen LogP) is 0.583. The molecule has 1 atom stereocenters. The third-order valence-electron chi connectivity index (χ3n) is 1.13. The maximum absolute atomic E-state index is 8.68. The van der Waals surface area contributed by atoms with Crippen molar-refractivity contribution < 1.29 is 10.2 Å². The molecule has 40 valence electrons. The molecule has 2 heteroatoms. The Bertz CT molecular complexity index is 96.3. The Balaban J connectivity index is 2.54. The van der Waals surface area contributed by atoms with E-state index in [1.807, 2.05) is 0 Å². The molecular weight excluding hydrogens is 92.1 g/mol. The second-order valence-electron chi connectivity index (χ2n) is 1.72. The molecular formula is C5H8O2. The summed E-state index contributed by atoms with van der Waals surface area (Å²) in [5.41, 5.74) is 0. The lowest BCUT2D eigenvalue weighted by Crippen LogP contribution is -2.02. The first-order valence-corrected chi connectivity index (χ1v) is 2.38. The fourth-order valence-electron chi connectivity index (χ4n) is 0.673. The molecule has 0 saturated carbocycles. The average molecular weight is 100 g/mol. The van der Waals surface area contributed by atoms with Gasteiger partial charge in [-0.25, -0.2) is 0 Å². The van der Waals surface area contributed by atoms with Crippen molar-refractivity contribution in [3.05, 3.63) is 11.8 Å². The van der Waals surface area contributed by atoms with E-state index in [0.717, 1.165) is 6.42 Å². The van der Waals surface area contributed by atoms with Gasteiger partial charge in [0.05, 0.1) is 0 Å². The fourth-order valence-corrected chi connectivity index (χ4v) is 0.673. The van der Waals surface area contributed by atoms with Crippen molar-refractivity contribution in [3.8, 4) is 0 Å². The van der Waals surface area contributed by atoms with Gasteiger partial charge < -0.3 is 10.2 Å². The number of hydrogen-bond donors (Lipinski definition) is 2. The van der Waals surface area contributed by atoms with Gasteiger partial charge in [-0.05, 0) is 18.9 Å². The molecule has 1 aliphatic carbocycles. The first-order chi connectivity index (χ1) is 3.30. The molecule has 1 unspecified atom stereocenters. The van der Waals surface area contributed by atoms with E-state index in [9.17, 15) is 0 Å². The molecule has 2 nitrogen and oxygen atoms in total. The summed E-state index contributed by atoms with van der Waals surface area (Å²) in [6, 6.07) is 0. The van der Waals surface area contributed by atoms with Gasteiger partial charge in [0.1, 0.15) is 11.9 Å². The molecule has 0 fully saturated rings. The predicted molar refractivity (Wildman–Crippen MR) is 26.0 cm³/mol. The molecule has 0 spiro atoms. The molecule has 0 radical (unpaired) electrons. The Hall–Kier alpha value is -0.500. The third-order valence-corrected chi connectivity index (χ3v) is 1.13. The molecule has 0 amide bonds. The van der Waals surface area contributed by atoms with Gasteiger partial charge in [-0.15, -0.1) is 0 Å². The van der Waals surface area contributed by atoms with Gasteiger partial charge in [0.2, 0.25) is 0 Å². The summed E-state index contributed by atoms with van der Waals surface area (Å²) < 4.78 is 0. The van der Waals surface area contributed by atoms with E-state index in [2.05, 4.69) is 0 Å². The summed E-state index contributed by atoms with van der Waals surface area (Å²) in [5.74, 6) is 0.139. The van der Waals surface area contributed by atoms with E-state index >= 15 is 0 Å². The molecule has 2 N–H and O–H groups in total. The van der Waals surface area contributed by atoms with E-state index in [-0.39, 0.29) is 5.76 Å². The molecule has 0 heterocycles. The zero-order valence-corrected chi connectivity index (χ0v) is 3.96. The van der Waals surface area contributed by atoms with E-state index < -0.39 is 6.10 Å². The molecule has 1 aliphatic rings. The summed E-state index contributed by atoms with van der Waals surface area (Å²) in [6.07, 6.45) is 2.57. The second kappa shape index (κ2) is 1.54. The van der Waals surface area contributed by atoms with Crippen LogP contribution >= 0.6 is 0 Å². The van der Waals surface area contributed by atoms with Crippen molar-refractivity contribution in [2.24, 2.45) is 0 Å². The van der Waals surface area contributed by atoms with Crippen LogP contribution in [0.25, 0.3) is 0 Å². The third kappa shape index (κ3) is 0.747. The Morgan fingerprint density at radius 3 is 2.57 bits per heavy atom. The minimum atomic E-state index is -0.569. The molecule has 0 saturated heterocycles. The van der Waals surface area contributed by atoms with Crippen molar-refractivity contribution >= 4 is 0 Å². The first kappa shape index (κ1) is 4.65. The zero-order valence-electron chi connectivity index (χ0n) is 3.96. The van der Waals surface area contributed by atoms with Gasteiger partial charge in [0.15, 0.2) is 0 Å². The van der Waals surface area contributed by atoms with Crippen LogP contribution in [0.3, 0.4) is 0 Å². The van der Waals surface area contributed by atoms with Gasteiger partial charge in [-0.3, -0.25) is 0 Å². The number of aliphatic hydroxyl groups excluding tert-OH is 2. The average Bonchev–Trinajstić information content (AvgIpc) is 1.91. The monoisotopic (exact) mass is 100 g/mol. The standard InChI is InChI=1S/C5H8O2/c6-4-2-1-3-5(4)7/h2,5-7H,1,3H2. The zero-order chi connectivity index (χ0) is 5.28. The smallest absolute Gasteiger partial charge is 0.117 e. The Morgan fingerprint density at radius 2 is 2.43 bits per heavy atom. The molecule has 0 bridgehead atoms.